The molecule has 100 valence electrons. The average molecular weight is 247 g/mol. The first kappa shape index (κ1) is 13.3. The smallest absolute Gasteiger partial charge is 0.128 e. The van der Waals surface area contributed by atoms with Crippen LogP contribution in [0.4, 0.5) is 5.82 Å². The van der Waals surface area contributed by atoms with Crippen molar-refractivity contribution in [2.24, 2.45) is 5.92 Å². The highest BCUT2D eigenvalue weighted by atomic mass is 15.2. The van der Waals surface area contributed by atoms with Crippen LogP contribution in [0.25, 0.3) is 0 Å². The van der Waals surface area contributed by atoms with Crippen molar-refractivity contribution < 1.29 is 0 Å². The zero-order valence-corrected chi connectivity index (χ0v) is 11.8. The fraction of sp³-hybridized carbons (Fsp3) is 0.667. The molecule has 0 aliphatic carbocycles. The van der Waals surface area contributed by atoms with Gasteiger partial charge < -0.3 is 10.2 Å². The van der Waals surface area contributed by atoms with E-state index in [-0.39, 0.29) is 0 Å². The summed E-state index contributed by atoms with van der Waals surface area (Å²) in [5, 5.41) is 3.33. The van der Waals surface area contributed by atoms with Crippen LogP contribution in [0.3, 0.4) is 0 Å². The average Bonchev–Trinajstić information content (AvgIpc) is 2.40. The van der Waals surface area contributed by atoms with Crippen molar-refractivity contribution >= 4 is 5.82 Å². The molecule has 2 rings (SSSR count). The maximum Gasteiger partial charge on any atom is 0.128 e. The number of anilines is 1. The van der Waals surface area contributed by atoms with Crippen LogP contribution in [0.5, 0.6) is 0 Å². The second-order valence-corrected chi connectivity index (χ2v) is 5.49. The molecule has 1 N–H and O–H groups in total. The SMILES string of the molecule is CCNCc1ccc(N2CC(C)CCC2C)nc1. The third kappa shape index (κ3) is 3.22. The minimum atomic E-state index is 0.619. The maximum absolute atomic E-state index is 4.63. The summed E-state index contributed by atoms with van der Waals surface area (Å²) in [5.74, 6) is 1.92. The molecule has 18 heavy (non-hydrogen) atoms. The summed E-state index contributed by atoms with van der Waals surface area (Å²) in [6.07, 6.45) is 4.63. The molecule has 1 aromatic rings. The molecule has 2 unspecified atom stereocenters. The van der Waals surface area contributed by atoms with Gasteiger partial charge in [0.05, 0.1) is 0 Å². The van der Waals surface area contributed by atoms with Crippen LogP contribution in [0.15, 0.2) is 18.3 Å². The summed E-state index contributed by atoms with van der Waals surface area (Å²) in [5.41, 5.74) is 1.26. The fourth-order valence-electron chi connectivity index (χ4n) is 2.57. The molecule has 0 radical (unpaired) electrons. The van der Waals surface area contributed by atoms with E-state index in [4.69, 9.17) is 0 Å². The first-order chi connectivity index (χ1) is 8.70. The molecule has 3 heteroatoms. The van der Waals surface area contributed by atoms with E-state index in [1.807, 2.05) is 6.20 Å². The molecule has 1 saturated heterocycles. The van der Waals surface area contributed by atoms with Crippen molar-refractivity contribution in [3.8, 4) is 0 Å². The Balaban J connectivity index is 2.03. The molecule has 1 aromatic heterocycles. The number of nitrogens with one attached hydrogen (secondary N) is 1. The van der Waals surface area contributed by atoms with Crippen LogP contribution < -0.4 is 10.2 Å². The van der Waals surface area contributed by atoms with Crippen molar-refractivity contribution in [1.29, 1.82) is 0 Å². The lowest BCUT2D eigenvalue weighted by Crippen LogP contribution is -2.41. The van der Waals surface area contributed by atoms with E-state index in [0.717, 1.165) is 31.4 Å². The standard InChI is InChI=1S/C15H25N3/c1-4-16-9-14-7-8-15(17-10-14)18-11-12(2)5-6-13(18)3/h7-8,10,12-13,16H,4-6,9,11H2,1-3H3. The van der Waals surface area contributed by atoms with Gasteiger partial charge in [0.25, 0.3) is 0 Å². The number of pyridine rings is 1. The number of rotatable bonds is 4. The summed E-state index contributed by atoms with van der Waals surface area (Å²) >= 11 is 0. The van der Waals surface area contributed by atoms with Gasteiger partial charge in [-0.25, -0.2) is 4.98 Å². The molecule has 1 aliphatic heterocycles. The monoisotopic (exact) mass is 247 g/mol. The lowest BCUT2D eigenvalue weighted by Gasteiger charge is -2.37. The fourth-order valence-corrected chi connectivity index (χ4v) is 2.57. The Morgan fingerprint density at radius 3 is 2.83 bits per heavy atom. The number of nitrogens with zero attached hydrogens (tertiary/aromatic N) is 2. The van der Waals surface area contributed by atoms with Crippen LogP contribution in [0.2, 0.25) is 0 Å². The first-order valence-electron chi connectivity index (χ1n) is 7.13. The summed E-state index contributed by atoms with van der Waals surface area (Å²) < 4.78 is 0. The quantitative estimate of drug-likeness (QED) is 0.887. The Bertz CT molecular complexity index is 361. The number of hydrogen-bond acceptors (Lipinski definition) is 3. The molecule has 1 fully saturated rings. The zero-order valence-electron chi connectivity index (χ0n) is 11.8. The van der Waals surface area contributed by atoms with Gasteiger partial charge in [-0.05, 0) is 43.9 Å². The largest absolute Gasteiger partial charge is 0.354 e. The molecule has 3 nitrogen and oxygen atoms in total. The Kier molecular flexibility index (Phi) is 4.59. The van der Waals surface area contributed by atoms with Crippen LogP contribution in [-0.2, 0) is 6.54 Å². The van der Waals surface area contributed by atoms with Gasteiger partial charge in [-0.2, -0.15) is 0 Å². The van der Waals surface area contributed by atoms with Crippen molar-refractivity contribution in [1.82, 2.24) is 10.3 Å². The zero-order chi connectivity index (χ0) is 13.0. The van der Waals surface area contributed by atoms with Crippen molar-refractivity contribution in [3.05, 3.63) is 23.9 Å². The van der Waals surface area contributed by atoms with Gasteiger partial charge in [0, 0.05) is 25.3 Å². The van der Waals surface area contributed by atoms with E-state index >= 15 is 0 Å². The first-order valence-corrected chi connectivity index (χ1v) is 7.13. The van der Waals surface area contributed by atoms with Gasteiger partial charge in [0.2, 0.25) is 0 Å². The van der Waals surface area contributed by atoms with Crippen molar-refractivity contribution in [2.75, 3.05) is 18.0 Å². The Hall–Kier alpha value is -1.09. The molecular weight excluding hydrogens is 222 g/mol. The van der Waals surface area contributed by atoms with E-state index in [9.17, 15) is 0 Å². The van der Waals surface area contributed by atoms with Crippen LogP contribution >= 0.6 is 0 Å². The van der Waals surface area contributed by atoms with E-state index in [2.05, 4.69) is 48.1 Å². The maximum atomic E-state index is 4.63. The van der Waals surface area contributed by atoms with Crippen LogP contribution in [-0.4, -0.2) is 24.1 Å². The van der Waals surface area contributed by atoms with Crippen molar-refractivity contribution in [2.45, 2.75) is 46.2 Å². The molecule has 0 spiro atoms. The highest BCUT2D eigenvalue weighted by Gasteiger charge is 2.23. The predicted octanol–water partition coefficient (Wildman–Crippen LogP) is 2.82. The second kappa shape index (κ2) is 6.19. The van der Waals surface area contributed by atoms with Gasteiger partial charge in [-0.15, -0.1) is 0 Å². The lowest BCUT2D eigenvalue weighted by atomic mass is 9.95. The van der Waals surface area contributed by atoms with Crippen LogP contribution in [0, 0.1) is 5.92 Å². The highest BCUT2D eigenvalue weighted by molar-refractivity contribution is 5.41. The molecular formula is C15H25N3. The van der Waals surface area contributed by atoms with Gasteiger partial charge >= 0.3 is 0 Å². The highest BCUT2D eigenvalue weighted by Crippen LogP contribution is 2.25. The summed E-state index contributed by atoms with van der Waals surface area (Å²) in [7, 11) is 0. The Morgan fingerprint density at radius 1 is 1.33 bits per heavy atom. The van der Waals surface area contributed by atoms with Crippen LogP contribution in [0.1, 0.15) is 39.2 Å². The van der Waals surface area contributed by atoms with Gasteiger partial charge in [-0.3, -0.25) is 0 Å². The Morgan fingerprint density at radius 2 is 2.17 bits per heavy atom. The third-order valence-electron chi connectivity index (χ3n) is 3.80. The van der Waals surface area contributed by atoms with E-state index in [1.54, 1.807) is 0 Å². The minimum Gasteiger partial charge on any atom is -0.354 e. The molecule has 2 atom stereocenters. The van der Waals surface area contributed by atoms with Gasteiger partial charge in [0.1, 0.15) is 5.82 Å². The topological polar surface area (TPSA) is 28.2 Å². The third-order valence-corrected chi connectivity index (χ3v) is 3.80. The van der Waals surface area contributed by atoms with E-state index in [0.29, 0.717) is 6.04 Å². The molecule has 0 amide bonds. The summed E-state index contributed by atoms with van der Waals surface area (Å²) in [4.78, 5) is 7.08. The molecule has 1 aliphatic rings. The normalized spacial score (nSPS) is 24.3. The number of piperidine rings is 1. The van der Waals surface area contributed by atoms with Gasteiger partial charge in [0.15, 0.2) is 0 Å². The number of hydrogen-bond donors (Lipinski definition) is 1. The lowest BCUT2D eigenvalue weighted by molar-refractivity contribution is 0.388. The van der Waals surface area contributed by atoms with E-state index in [1.165, 1.54) is 18.4 Å². The molecule has 0 aromatic carbocycles. The minimum absolute atomic E-state index is 0.619. The number of aromatic nitrogens is 1. The molecule has 0 saturated carbocycles. The van der Waals surface area contributed by atoms with Crippen molar-refractivity contribution in [3.63, 3.8) is 0 Å². The summed E-state index contributed by atoms with van der Waals surface area (Å²) in [6, 6.07) is 4.98. The predicted molar refractivity (Wildman–Crippen MR) is 76.8 cm³/mol. The molecule has 0 bridgehead atoms. The Labute approximate surface area is 111 Å². The van der Waals surface area contributed by atoms with Gasteiger partial charge in [-0.1, -0.05) is 19.9 Å². The summed E-state index contributed by atoms with van der Waals surface area (Å²) in [6.45, 7) is 9.82. The second-order valence-electron chi connectivity index (χ2n) is 5.49. The van der Waals surface area contributed by atoms with E-state index < -0.39 is 0 Å². The molecule has 2 heterocycles.